The van der Waals surface area contributed by atoms with Gasteiger partial charge in [-0.05, 0) is 0 Å². The van der Waals surface area contributed by atoms with Gasteiger partial charge in [0.1, 0.15) is 0 Å². The zero-order chi connectivity index (χ0) is 9.00. The Balaban J connectivity index is -0.0000000457. The second-order valence-corrected chi connectivity index (χ2v) is 3.08. The monoisotopic (exact) mass is 238 g/mol. The summed E-state index contributed by atoms with van der Waals surface area (Å²) in [6.07, 6.45) is 0. The Bertz CT molecular complexity index is 125. The summed E-state index contributed by atoms with van der Waals surface area (Å²) in [7, 11) is -9.28. The molecule has 74 valence electrons. The Morgan fingerprint density at radius 1 is 0.667 bits per heavy atom. The van der Waals surface area contributed by atoms with Gasteiger partial charge >= 0.3 is 45.2 Å². The van der Waals surface area contributed by atoms with Crippen molar-refractivity contribution < 1.29 is 44.0 Å². The summed E-state index contributed by atoms with van der Waals surface area (Å²) in [5, 5.41) is 0. The van der Waals surface area contributed by atoms with Crippen LogP contribution in [0.1, 0.15) is 0 Å². The molecule has 0 unspecified atom stereocenters. The van der Waals surface area contributed by atoms with Crippen molar-refractivity contribution in [1.82, 2.24) is 0 Å². The molecule has 0 fully saturated rings. The van der Waals surface area contributed by atoms with Gasteiger partial charge in [-0.1, -0.05) is 0 Å². The number of hydrogen-bond donors (Lipinski definition) is 6. The van der Waals surface area contributed by atoms with E-state index >= 15 is 0 Å². The van der Waals surface area contributed by atoms with Gasteiger partial charge in [0.15, 0.2) is 0 Å². The van der Waals surface area contributed by atoms with Crippen LogP contribution in [0.5, 0.6) is 0 Å². The number of rotatable bonds is 0. The van der Waals surface area contributed by atoms with Crippen LogP contribution in [0.3, 0.4) is 0 Å². The first-order chi connectivity index (χ1) is 4.00. The summed E-state index contributed by atoms with van der Waals surface area (Å²) in [6, 6.07) is 0. The van der Waals surface area contributed by atoms with E-state index in [9.17, 15) is 0 Å². The molecule has 0 aliphatic heterocycles. The second-order valence-electron chi connectivity index (χ2n) is 1.03. The topological polar surface area (TPSA) is 187 Å². The first-order valence-corrected chi connectivity index (χ1v) is 4.70. The molecule has 0 saturated heterocycles. The summed E-state index contributed by atoms with van der Waals surface area (Å²) in [5.41, 5.74) is 0. The van der Waals surface area contributed by atoms with E-state index < -0.39 is 15.6 Å². The van der Waals surface area contributed by atoms with Crippen molar-refractivity contribution in [2.24, 2.45) is 0 Å². The average Bonchev–Trinajstić information content (AvgIpc) is 1.12. The Hall–Kier alpha value is 1.18. The quantitative estimate of drug-likeness (QED) is 0.186. The third-order valence-corrected chi connectivity index (χ3v) is 0. The van der Waals surface area contributed by atoms with E-state index in [0.29, 0.717) is 0 Å². The predicted octanol–water partition coefficient (Wildman–Crippen LogP) is -3.33. The van der Waals surface area contributed by atoms with Gasteiger partial charge in [-0.3, -0.25) is 0 Å². The summed E-state index contributed by atoms with van der Waals surface area (Å²) in [4.78, 5) is 43.1. The summed E-state index contributed by atoms with van der Waals surface area (Å²) >= 11 is 0. The molecule has 0 aromatic carbocycles. The molecule has 9 nitrogen and oxygen atoms in total. The average molecular weight is 238 g/mol. The molecule has 0 aromatic rings. The molecule has 12 heteroatoms. The first kappa shape index (κ1) is 23.2. The van der Waals surface area contributed by atoms with Crippen molar-refractivity contribution in [3.63, 3.8) is 0 Å². The van der Waals surface area contributed by atoms with Gasteiger partial charge in [-0.15, -0.1) is 0 Å². The van der Waals surface area contributed by atoms with Crippen LogP contribution < -0.4 is 0 Å². The Kier molecular flexibility index (Phi) is 16.9. The van der Waals surface area contributed by atoms with Crippen LogP contribution in [0.2, 0.25) is 0 Å². The minimum absolute atomic E-state index is 0. The van der Waals surface area contributed by atoms with Crippen LogP contribution >= 0.6 is 15.6 Å². The van der Waals surface area contributed by atoms with E-state index in [-0.39, 0.29) is 35.0 Å². The van der Waals surface area contributed by atoms with Gasteiger partial charge in [-0.25, -0.2) is 9.13 Å². The van der Waals surface area contributed by atoms with Crippen LogP contribution in [-0.2, 0) is 9.13 Å². The van der Waals surface area contributed by atoms with E-state index in [1.54, 1.807) is 0 Å². The molecule has 0 rings (SSSR count). The van der Waals surface area contributed by atoms with Crippen LogP contribution in [0, 0.1) is 0 Å². The van der Waals surface area contributed by atoms with E-state index in [0.717, 1.165) is 0 Å². The SMILES string of the molecule is O.O=P(O)(O)O.O=P(O)(O)O.[NaH]. The zero-order valence-electron chi connectivity index (χ0n) is 4.89. The maximum atomic E-state index is 8.88. The van der Waals surface area contributed by atoms with Crippen molar-refractivity contribution in [2.45, 2.75) is 0 Å². The molecule has 0 amide bonds. The summed E-state index contributed by atoms with van der Waals surface area (Å²) in [6.45, 7) is 0. The van der Waals surface area contributed by atoms with E-state index in [2.05, 4.69) is 0 Å². The van der Waals surface area contributed by atoms with Gasteiger partial charge in [0.25, 0.3) is 0 Å². The first-order valence-electron chi connectivity index (χ1n) is 1.57. The van der Waals surface area contributed by atoms with Crippen LogP contribution in [-0.4, -0.2) is 64.4 Å². The van der Waals surface area contributed by atoms with Gasteiger partial charge in [0.05, 0.1) is 0 Å². The molecule has 0 saturated carbocycles. The molecule has 0 heterocycles. The Labute approximate surface area is 89.1 Å². The van der Waals surface area contributed by atoms with Crippen molar-refractivity contribution in [3.05, 3.63) is 0 Å². The zero-order valence-corrected chi connectivity index (χ0v) is 6.68. The second kappa shape index (κ2) is 8.76. The van der Waals surface area contributed by atoms with Crippen LogP contribution in [0.4, 0.5) is 0 Å². The van der Waals surface area contributed by atoms with E-state index in [4.69, 9.17) is 38.5 Å². The molecule has 0 aliphatic carbocycles. The molecule has 12 heavy (non-hydrogen) atoms. The van der Waals surface area contributed by atoms with Gasteiger partial charge < -0.3 is 34.8 Å². The third kappa shape index (κ3) is 832. The molecular formula is H9NaO9P2. The fourth-order valence-electron chi connectivity index (χ4n) is 0. The molecule has 0 atom stereocenters. The fourth-order valence-corrected chi connectivity index (χ4v) is 0. The van der Waals surface area contributed by atoms with Crippen LogP contribution in [0.15, 0.2) is 0 Å². The van der Waals surface area contributed by atoms with Crippen molar-refractivity contribution in [2.75, 3.05) is 0 Å². The van der Waals surface area contributed by atoms with E-state index in [1.807, 2.05) is 0 Å². The Morgan fingerprint density at radius 3 is 0.667 bits per heavy atom. The molecule has 0 spiro atoms. The molecule has 0 aromatic heterocycles. The maximum absolute atomic E-state index is 8.88. The van der Waals surface area contributed by atoms with Crippen molar-refractivity contribution in [3.8, 4) is 0 Å². The van der Waals surface area contributed by atoms with Gasteiger partial charge in [0.2, 0.25) is 0 Å². The minimum atomic E-state index is -4.64. The molecule has 0 bridgehead atoms. The van der Waals surface area contributed by atoms with Crippen molar-refractivity contribution in [1.29, 1.82) is 0 Å². The third-order valence-electron chi connectivity index (χ3n) is 0. The number of phosphoric acid groups is 2. The van der Waals surface area contributed by atoms with Crippen LogP contribution in [0.25, 0.3) is 0 Å². The molecular weight excluding hydrogens is 229 g/mol. The normalized spacial score (nSPS) is 9.83. The predicted molar refractivity (Wildman–Crippen MR) is 39.3 cm³/mol. The molecule has 8 N–H and O–H groups in total. The summed E-state index contributed by atoms with van der Waals surface area (Å²) < 4.78 is 17.8. The standard InChI is InChI=1S/Na.2H3O4P.H2O.H/c;2*1-5(2,3)4;;/h;2*(H3,1,2,3,4);1H2;. The van der Waals surface area contributed by atoms with E-state index in [1.165, 1.54) is 0 Å². The number of hydrogen-bond acceptors (Lipinski definition) is 2. The summed E-state index contributed by atoms with van der Waals surface area (Å²) in [5.74, 6) is 0. The molecule has 0 radical (unpaired) electrons. The van der Waals surface area contributed by atoms with Crippen molar-refractivity contribution >= 4 is 45.2 Å². The van der Waals surface area contributed by atoms with Gasteiger partial charge in [-0.2, -0.15) is 0 Å². The van der Waals surface area contributed by atoms with Gasteiger partial charge in [0, 0.05) is 0 Å². The molecule has 0 aliphatic rings. The Morgan fingerprint density at radius 2 is 0.667 bits per heavy atom. The fraction of sp³-hybridized carbons (Fsp3) is 0.